The summed E-state index contributed by atoms with van der Waals surface area (Å²) >= 11 is 0. The van der Waals surface area contributed by atoms with Crippen molar-refractivity contribution in [3.63, 3.8) is 0 Å². The first kappa shape index (κ1) is 23.2. The van der Waals surface area contributed by atoms with Gasteiger partial charge in [-0.3, -0.25) is 14.2 Å². The lowest BCUT2D eigenvalue weighted by Crippen LogP contribution is -2.48. The van der Waals surface area contributed by atoms with Crippen LogP contribution in [-0.4, -0.2) is 72.4 Å². The van der Waals surface area contributed by atoms with Gasteiger partial charge in [0.15, 0.2) is 5.69 Å². The first-order valence-corrected chi connectivity index (χ1v) is 12.1. The van der Waals surface area contributed by atoms with Crippen LogP contribution in [-0.2, 0) is 7.05 Å². The Morgan fingerprint density at radius 3 is 2.37 bits per heavy atom. The topological polar surface area (TPSA) is 119 Å². The number of piperidine rings is 2. The number of hydrogen-bond donors (Lipinski definition) is 0. The highest BCUT2D eigenvalue weighted by atomic mass is 16.5. The molecule has 2 aromatic heterocycles. The predicted molar refractivity (Wildman–Crippen MR) is 127 cm³/mol. The van der Waals surface area contributed by atoms with Gasteiger partial charge < -0.3 is 14.3 Å². The molecule has 35 heavy (non-hydrogen) atoms. The van der Waals surface area contributed by atoms with Crippen LogP contribution in [0.3, 0.4) is 0 Å². The van der Waals surface area contributed by atoms with Crippen molar-refractivity contribution in [2.24, 2.45) is 7.05 Å². The molecule has 0 unspecified atom stereocenters. The van der Waals surface area contributed by atoms with E-state index in [0.29, 0.717) is 24.8 Å². The number of aromatic nitrogens is 5. The second kappa shape index (κ2) is 9.57. The molecule has 2 fully saturated rings. The van der Waals surface area contributed by atoms with Gasteiger partial charge in [-0.15, -0.1) is 0 Å². The van der Waals surface area contributed by atoms with Gasteiger partial charge >= 0.3 is 17.5 Å². The molecule has 4 heterocycles. The van der Waals surface area contributed by atoms with Gasteiger partial charge in [0.25, 0.3) is 5.56 Å². The minimum Gasteiger partial charge on any atom is -0.334 e. The number of benzene rings is 1. The van der Waals surface area contributed by atoms with Crippen LogP contribution < -0.4 is 11.2 Å². The normalized spacial score (nSPS) is 17.6. The van der Waals surface area contributed by atoms with E-state index >= 15 is 0 Å². The molecule has 0 spiro atoms. The zero-order chi connectivity index (χ0) is 24.5. The van der Waals surface area contributed by atoms with Crippen molar-refractivity contribution in [3.05, 3.63) is 56.6 Å². The van der Waals surface area contributed by atoms with Gasteiger partial charge in [0.2, 0.25) is 5.82 Å². The van der Waals surface area contributed by atoms with E-state index in [2.05, 4.69) is 20.1 Å². The first-order valence-electron chi connectivity index (χ1n) is 12.1. The lowest BCUT2D eigenvalue weighted by molar-refractivity contribution is 0.0547. The number of carbonyl (C=O) groups excluding carboxylic acids is 1. The summed E-state index contributed by atoms with van der Waals surface area (Å²) in [6, 6.07) is 7.65. The molecule has 0 N–H and O–H groups in total. The number of amides is 1. The molecule has 1 aromatic carbocycles. The van der Waals surface area contributed by atoms with Gasteiger partial charge in [-0.05, 0) is 57.8 Å². The van der Waals surface area contributed by atoms with Gasteiger partial charge in [-0.1, -0.05) is 29.3 Å². The van der Waals surface area contributed by atoms with Crippen molar-refractivity contribution in [2.75, 3.05) is 26.2 Å². The highest BCUT2D eigenvalue weighted by Gasteiger charge is 2.31. The molecule has 0 atom stereocenters. The van der Waals surface area contributed by atoms with E-state index in [1.165, 1.54) is 26.3 Å². The van der Waals surface area contributed by atoms with E-state index in [9.17, 15) is 14.4 Å². The fraction of sp³-hybridized carbons (Fsp3) is 0.500. The summed E-state index contributed by atoms with van der Waals surface area (Å²) in [7, 11) is 1.36. The van der Waals surface area contributed by atoms with Gasteiger partial charge in [0.05, 0.1) is 5.69 Å². The van der Waals surface area contributed by atoms with Crippen molar-refractivity contribution in [2.45, 2.75) is 45.1 Å². The van der Waals surface area contributed by atoms with Crippen LogP contribution in [0.5, 0.6) is 0 Å². The Labute approximate surface area is 202 Å². The SMILES string of the molecule is Cc1ccc(-n2nc(-c3noc(C(=O)N4CCC(N5CCCCC5)CC4)n3)c(=O)n(C)c2=O)cc1. The number of hydrogen-bond acceptors (Lipinski definition) is 8. The number of aryl methyl sites for hydroxylation is 1. The van der Waals surface area contributed by atoms with E-state index in [1.807, 2.05) is 19.1 Å². The summed E-state index contributed by atoms with van der Waals surface area (Å²) in [6.07, 6.45) is 5.61. The lowest BCUT2D eigenvalue weighted by Gasteiger charge is -2.39. The molecule has 2 aliphatic heterocycles. The van der Waals surface area contributed by atoms with Crippen LogP contribution in [0.2, 0.25) is 0 Å². The van der Waals surface area contributed by atoms with Crippen LogP contribution >= 0.6 is 0 Å². The molecule has 5 rings (SSSR count). The molecule has 0 saturated carbocycles. The summed E-state index contributed by atoms with van der Waals surface area (Å²) in [5, 5.41) is 8.04. The van der Waals surface area contributed by atoms with Gasteiger partial charge in [0.1, 0.15) is 0 Å². The zero-order valence-corrected chi connectivity index (χ0v) is 20.0. The van der Waals surface area contributed by atoms with E-state index in [4.69, 9.17) is 4.52 Å². The van der Waals surface area contributed by atoms with Crippen LogP contribution in [0.1, 0.15) is 48.4 Å². The maximum Gasteiger partial charge on any atom is 0.351 e. The fourth-order valence-electron chi connectivity index (χ4n) is 4.83. The Balaban J connectivity index is 1.36. The Morgan fingerprint density at radius 1 is 1.00 bits per heavy atom. The molecule has 2 aliphatic rings. The number of rotatable bonds is 4. The van der Waals surface area contributed by atoms with Crippen LogP contribution in [0.4, 0.5) is 0 Å². The molecular formula is C24H29N7O4. The van der Waals surface area contributed by atoms with Crippen LogP contribution in [0, 0.1) is 6.92 Å². The van der Waals surface area contributed by atoms with Gasteiger partial charge in [-0.25, -0.2) is 4.79 Å². The van der Waals surface area contributed by atoms with Crippen molar-refractivity contribution in [3.8, 4) is 17.2 Å². The second-order valence-electron chi connectivity index (χ2n) is 9.29. The van der Waals surface area contributed by atoms with Crippen molar-refractivity contribution in [1.29, 1.82) is 0 Å². The minimum absolute atomic E-state index is 0.127. The third-order valence-electron chi connectivity index (χ3n) is 6.93. The Kier molecular flexibility index (Phi) is 6.33. The molecular weight excluding hydrogens is 450 g/mol. The molecule has 0 bridgehead atoms. The molecule has 2 saturated heterocycles. The standard InChI is InChI=1S/C24H29N7O4/c1-16-6-8-18(9-7-16)31-24(34)28(2)22(32)19(26-31)20-25-21(35-27-20)23(33)30-14-10-17(11-15-30)29-12-4-3-5-13-29/h6-9,17H,3-5,10-15H2,1-2H3. The Morgan fingerprint density at radius 2 is 1.69 bits per heavy atom. The monoisotopic (exact) mass is 479 g/mol. The van der Waals surface area contributed by atoms with Crippen molar-refractivity contribution in [1.82, 2.24) is 34.3 Å². The molecule has 0 aliphatic carbocycles. The highest BCUT2D eigenvalue weighted by Crippen LogP contribution is 2.22. The average molecular weight is 480 g/mol. The van der Waals surface area contributed by atoms with E-state index in [0.717, 1.165) is 40.7 Å². The third-order valence-corrected chi connectivity index (χ3v) is 6.93. The molecule has 1 amide bonds. The van der Waals surface area contributed by atoms with E-state index in [-0.39, 0.29) is 23.3 Å². The zero-order valence-electron chi connectivity index (χ0n) is 20.0. The largest absolute Gasteiger partial charge is 0.351 e. The van der Waals surface area contributed by atoms with E-state index in [1.54, 1.807) is 17.0 Å². The quantitative estimate of drug-likeness (QED) is 0.551. The molecule has 0 radical (unpaired) electrons. The lowest BCUT2D eigenvalue weighted by atomic mass is 10.00. The van der Waals surface area contributed by atoms with Crippen LogP contribution in [0.15, 0.2) is 38.4 Å². The maximum absolute atomic E-state index is 13.0. The summed E-state index contributed by atoms with van der Waals surface area (Å²) in [5.74, 6) is -0.670. The minimum atomic E-state index is -0.666. The third kappa shape index (κ3) is 4.55. The van der Waals surface area contributed by atoms with Gasteiger partial charge in [0, 0.05) is 26.2 Å². The summed E-state index contributed by atoms with van der Waals surface area (Å²) in [6.45, 7) is 5.45. The number of nitrogens with zero attached hydrogens (tertiary/aromatic N) is 7. The second-order valence-corrected chi connectivity index (χ2v) is 9.29. The Hall–Kier alpha value is -3.60. The van der Waals surface area contributed by atoms with E-state index < -0.39 is 11.2 Å². The highest BCUT2D eigenvalue weighted by molar-refractivity contribution is 5.90. The number of likely N-dealkylation sites (tertiary alicyclic amines) is 2. The smallest absolute Gasteiger partial charge is 0.334 e. The van der Waals surface area contributed by atoms with Crippen LogP contribution in [0.25, 0.3) is 17.2 Å². The molecule has 184 valence electrons. The van der Waals surface area contributed by atoms with Crippen molar-refractivity contribution < 1.29 is 9.32 Å². The fourth-order valence-corrected chi connectivity index (χ4v) is 4.83. The Bertz CT molecular complexity index is 1330. The summed E-state index contributed by atoms with van der Waals surface area (Å²) < 4.78 is 7.27. The summed E-state index contributed by atoms with van der Waals surface area (Å²) in [4.78, 5) is 46.9. The molecule has 11 heteroatoms. The average Bonchev–Trinajstić information content (AvgIpc) is 3.38. The molecule has 11 nitrogen and oxygen atoms in total. The van der Waals surface area contributed by atoms with Gasteiger partial charge in [-0.2, -0.15) is 14.8 Å². The summed E-state index contributed by atoms with van der Waals surface area (Å²) in [5.41, 5.74) is 0.0840. The first-order chi connectivity index (χ1) is 16.9. The molecule has 3 aromatic rings. The predicted octanol–water partition coefficient (Wildman–Crippen LogP) is 1.38. The maximum atomic E-state index is 13.0. The van der Waals surface area contributed by atoms with Crippen molar-refractivity contribution >= 4 is 5.91 Å². The number of carbonyl (C=O) groups is 1.